The van der Waals surface area contributed by atoms with E-state index >= 15 is 0 Å². The van der Waals surface area contributed by atoms with Crippen LogP contribution in [0, 0.1) is 18.3 Å². The van der Waals surface area contributed by atoms with Gasteiger partial charge in [0, 0.05) is 49.1 Å². The molecule has 1 aliphatic heterocycles. The lowest BCUT2D eigenvalue weighted by atomic mass is 9.88. The fourth-order valence-corrected chi connectivity index (χ4v) is 3.28. The monoisotopic (exact) mass is 476 g/mol. The third-order valence-electron chi connectivity index (χ3n) is 4.78. The average Bonchev–Trinajstić information content (AvgIpc) is 2.67. The molecule has 3 rings (SSSR count). The number of nitrogens with one attached hydrogen (secondary N) is 2. The van der Waals surface area contributed by atoms with E-state index in [0.29, 0.717) is 42.8 Å². The zero-order valence-electron chi connectivity index (χ0n) is 20.8. The van der Waals surface area contributed by atoms with Crippen LogP contribution in [-0.2, 0) is 4.74 Å². The zero-order valence-corrected chi connectivity index (χ0v) is 20.8. The Balaban J connectivity index is 0.00000199. The number of halogens is 2. The Morgan fingerprint density at radius 1 is 1.12 bits per heavy atom. The van der Waals surface area contributed by atoms with Crippen molar-refractivity contribution < 1.29 is 23.0 Å². The van der Waals surface area contributed by atoms with E-state index in [2.05, 4.69) is 15.0 Å². The molecule has 0 bridgehead atoms. The molecule has 2 heterocycles. The largest absolute Gasteiger partial charge is 0.444 e. The van der Waals surface area contributed by atoms with Crippen LogP contribution in [0.3, 0.4) is 0 Å². The van der Waals surface area contributed by atoms with Gasteiger partial charge in [0.05, 0.1) is 0 Å². The van der Waals surface area contributed by atoms with Gasteiger partial charge in [-0.2, -0.15) is 8.78 Å². The van der Waals surface area contributed by atoms with E-state index in [1.165, 1.54) is 12.1 Å². The normalized spacial score (nSPS) is 13.9. The number of amides is 1. The minimum Gasteiger partial charge on any atom is -0.444 e. The van der Waals surface area contributed by atoms with Gasteiger partial charge in [0.25, 0.3) is 0 Å². The van der Waals surface area contributed by atoms with Crippen LogP contribution >= 0.6 is 0 Å². The maximum absolute atomic E-state index is 13.0. The zero-order chi connectivity index (χ0) is 25.7. The second-order valence-electron chi connectivity index (χ2n) is 8.91. The van der Waals surface area contributed by atoms with E-state index in [1.807, 2.05) is 47.6 Å². The van der Waals surface area contributed by atoms with Crippen molar-refractivity contribution in [3.63, 3.8) is 0 Å². The SMILES string of the molecule is CC.Cc1ccnc(Nc2ccc(OC(C)(F)F)cc2)c1C(=N)C1CN(C(=O)OC(C)(C)C)C1. The summed E-state index contributed by atoms with van der Waals surface area (Å²) in [5, 5.41) is 11.9. The first kappa shape index (κ1) is 27.0. The first-order valence-electron chi connectivity index (χ1n) is 11.3. The summed E-state index contributed by atoms with van der Waals surface area (Å²) in [5.41, 5.74) is 1.95. The number of carbonyl (C=O) groups is 1. The number of ether oxygens (including phenoxy) is 2. The molecule has 2 aromatic rings. The Morgan fingerprint density at radius 3 is 2.24 bits per heavy atom. The van der Waals surface area contributed by atoms with Crippen molar-refractivity contribution in [1.29, 1.82) is 5.41 Å². The number of benzene rings is 1. The number of anilines is 2. The van der Waals surface area contributed by atoms with E-state index in [9.17, 15) is 13.6 Å². The van der Waals surface area contributed by atoms with Crippen LogP contribution < -0.4 is 10.1 Å². The summed E-state index contributed by atoms with van der Waals surface area (Å²) in [6, 6.07) is 7.90. The lowest BCUT2D eigenvalue weighted by Crippen LogP contribution is -2.54. The lowest BCUT2D eigenvalue weighted by Gasteiger charge is -2.40. The number of alkyl halides is 2. The van der Waals surface area contributed by atoms with E-state index in [4.69, 9.17) is 10.1 Å². The molecule has 1 aromatic heterocycles. The summed E-state index contributed by atoms with van der Waals surface area (Å²) in [4.78, 5) is 18.1. The van der Waals surface area contributed by atoms with Gasteiger partial charge in [-0.05, 0) is 63.6 Å². The number of likely N-dealkylation sites (tertiary alicyclic amines) is 1. The van der Waals surface area contributed by atoms with Gasteiger partial charge in [-0.15, -0.1) is 0 Å². The summed E-state index contributed by atoms with van der Waals surface area (Å²) in [6.45, 7) is 12.8. The molecule has 2 N–H and O–H groups in total. The average molecular weight is 477 g/mol. The number of pyridine rings is 1. The van der Waals surface area contributed by atoms with Gasteiger partial charge in [-0.1, -0.05) is 13.8 Å². The number of carbonyl (C=O) groups excluding carboxylic acids is 1. The fourth-order valence-electron chi connectivity index (χ4n) is 3.28. The summed E-state index contributed by atoms with van der Waals surface area (Å²) < 4.78 is 35.9. The second kappa shape index (κ2) is 10.8. The van der Waals surface area contributed by atoms with Crippen LogP contribution in [-0.4, -0.2) is 46.5 Å². The Bertz CT molecular complexity index is 993. The predicted octanol–water partition coefficient (Wildman–Crippen LogP) is 6.39. The van der Waals surface area contributed by atoms with Crippen molar-refractivity contribution in [2.75, 3.05) is 18.4 Å². The highest BCUT2D eigenvalue weighted by Gasteiger charge is 2.37. The third kappa shape index (κ3) is 7.40. The van der Waals surface area contributed by atoms with E-state index < -0.39 is 11.7 Å². The van der Waals surface area contributed by atoms with Crippen molar-refractivity contribution in [1.82, 2.24) is 9.88 Å². The van der Waals surface area contributed by atoms with Crippen molar-refractivity contribution in [2.45, 2.75) is 60.2 Å². The quantitative estimate of drug-likeness (QED) is 0.472. The molecule has 1 aliphatic rings. The van der Waals surface area contributed by atoms with Gasteiger partial charge in [0.2, 0.25) is 0 Å². The topological polar surface area (TPSA) is 87.5 Å². The van der Waals surface area contributed by atoms with Crippen LogP contribution in [0.15, 0.2) is 36.5 Å². The molecule has 9 heteroatoms. The van der Waals surface area contributed by atoms with Crippen LogP contribution in [0.1, 0.15) is 52.7 Å². The summed E-state index contributed by atoms with van der Waals surface area (Å²) in [5.74, 6) is 0.402. The van der Waals surface area contributed by atoms with Gasteiger partial charge in [0.1, 0.15) is 17.2 Å². The van der Waals surface area contributed by atoms with Crippen molar-refractivity contribution in [3.05, 3.63) is 47.7 Å². The van der Waals surface area contributed by atoms with Gasteiger partial charge in [-0.25, -0.2) is 9.78 Å². The Hall–Kier alpha value is -3.23. The van der Waals surface area contributed by atoms with E-state index in [0.717, 1.165) is 5.56 Å². The Kier molecular flexibility index (Phi) is 8.58. The van der Waals surface area contributed by atoms with Crippen LogP contribution in [0.5, 0.6) is 5.75 Å². The van der Waals surface area contributed by atoms with Gasteiger partial charge in [0.15, 0.2) is 0 Å². The lowest BCUT2D eigenvalue weighted by molar-refractivity contribution is -0.158. The molecule has 0 radical (unpaired) electrons. The first-order chi connectivity index (χ1) is 15.8. The molecule has 0 saturated carbocycles. The molecule has 7 nitrogen and oxygen atoms in total. The number of nitrogens with zero attached hydrogens (tertiary/aromatic N) is 2. The minimum absolute atomic E-state index is 0.0462. The first-order valence-corrected chi connectivity index (χ1v) is 11.3. The number of aryl methyl sites for hydroxylation is 1. The maximum atomic E-state index is 13.0. The number of hydrogen-bond acceptors (Lipinski definition) is 6. The van der Waals surface area contributed by atoms with Crippen LogP contribution in [0.25, 0.3) is 0 Å². The molecule has 0 unspecified atom stereocenters. The maximum Gasteiger partial charge on any atom is 0.410 e. The van der Waals surface area contributed by atoms with Gasteiger partial charge in [-0.3, -0.25) is 0 Å². The number of hydrogen-bond donors (Lipinski definition) is 2. The highest BCUT2D eigenvalue weighted by Crippen LogP contribution is 2.30. The standard InChI is InChI=1S/C23H28F2N4O3.C2H6/c1-14-10-11-27-20(28-16-6-8-17(9-7-16)31-23(5,24)25)18(14)19(26)15-12-29(13-15)21(30)32-22(2,3)4;1-2/h6-11,15,26H,12-13H2,1-5H3,(H,27,28);1-2H3. The molecular formula is C25H34F2N4O3. The molecule has 1 aromatic carbocycles. The molecule has 186 valence electrons. The summed E-state index contributed by atoms with van der Waals surface area (Å²) >= 11 is 0. The Labute approximate surface area is 200 Å². The van der Waals surface area contributed by atoms with E-state index in [1.54, 1.807) is 23.2 Å². The molecule has 1 saturated heterocycles. The highest BCUT2D eigenvalue weighted by atomic mass is 19.3. The molecule has 0 aliphatic carbocycles. The van der Waals surface area contributed by atoms with Crippen molar-refractivity contribution in [3.8, 4) is 5.75 Å². The molecule has 34 heavy (non-hydrogen) atoms. The predicted molar refractivity (Wildman–Crippen MR) is 129 cm³/mol. The summed E-state index contributed by atoms with van der Waals surface area (Å²) in [7, 11) is 0. The summed E-state index contributed by atoms with van der Waals surface area (Å²) in [6.07, 6.45) is -2.01. The molecule has 0 atom stereocenters. The number of aromatic nitrogens is 1. The smallest absolute Gasteiger partial charge is 0.410 e. The fraction of sp³-hybridized carbons (Fsp3) is 0.480. The van der Waals surface area contributed by atoms with Crippen molar-refractivity contribution in [2.24, 2.45) is 5.92 Å². The Morgan fingerprint density at radius 2 is 1.71 bits per heavy atom. The molecule has 1 fully saturated rings. The van der Waals surface area contributed by atoms with Crippen LogP contribution in [0.4, 0.5) is 25.1 Å². The molecular weight excluding hydrogens is 442 g/mol. The second-order valence-corrected chi connectivity index (χ2v) is 8.91. The number of rotatable bonds is 6. The third-order valence-corrected chi connectivity index (χ3v) is 4.78. The van der Waals surface area contributed by atoms with Gasteiger partial charge < -0.3 is 25.1 Å². The van der Waals surface area contributed by atoms with Crippen molar-refractivity contribution >= 4 is 23.3 Å². The molecule has 1 amide bonds. The van der Waals surface area contributed by atoms with Crippen LogP contribution in [0.2, 0.25) is 0 Å². The van der Waals surface area contributed by atoms with Gasteiger partial charge >= 0.3 is 12.2 Å². The molecule has 0 spiro atoms. The highest BCUT2D eigenvalue weighted by molar-refractivity contribution is 6.06. The minimum atomic E-state index is -3.26. The van der Waals surface area contributed by atoms with E-state index in [-0.39, 0.29) is 17.8 Å².